The minimum absolute atomic E-state index is 0.572. The summed E-state index contributed by atoms with van der Waals surface area (Å²) in [6.45, 7) is 0. The molecule has 2 nitrogen and oxygen atoms in total. The van der Waals surface area contributed by atoms with Gasteiger partial charge in [0.15, 0.2) is 0 Å². The van der Waals surface area contributed by atoms with Crippen LogP contribution in [0.3, 0.4) is 0 Å². The lowest BCUT2D eigenvalue weighted by Gasteiger charge is -1.96. The van der Waals surface area contributed by atoms with Crippen LogP contribution in [0.25, 0.3) is 21.5 Å². The molecule has 108 valence electrons. The molecule has 0 aliphatic heterocycles. The number of rotatable bonds is 0. The fourth-order valence-corrected chi connectivity index (χ4v) is 2.62. The number of aromatic nitrogens is 2. The van der Waals surface area contributed by atoms with Gasteiger partial charge >= 0.3 is 0 Å². The Hall–Kier alpha value is -2.16. The van der Waals surface area contributed by atoms with Crippen molar-refractivity contribution in [2.24, 2.45) is 0 Å². The van der Waals surface area contributed by atoms with Gasteiger partial charge in [0.1, 0.15) is 10.3 Å². The van der Waals surface area contributed by atoms with Gasteiger partial charge in [0.2, 0.25) is 0 Å². The van der Waals surface area contributed by atoms with Gasteiger partial charge in [-0.25, -0.2) is 9.97 Å². The number of halogens is 2. The van der Waals surface area contributed by atoms with Crippen LogP contribution in [0.15, 0.2) is 73.1 Å². The van der Waals surface area contributed by atoms with Crippen LogP contribution in [0, 0.1) is 0 Å². The first-order valence-corrected chi connectivity index (χ1v) is 7.50. The molecule has 0 aliphatic carbocycles. The predicted octanol–water partition coefficient (Wildman–Crippen LogP) is 5.78. The molecular formula is C18H12Cl2N2. The highest BCUT2D eigenvalue weighted by molar-refractivity contribution is 6.34. The second-order valence-corrected chi connectivity index (χ2v) is 5.36. The highest BCUT2D eigenvalue weighted by Gasteiger charge is 1.96. The van der Waals surface area contributed by atoms with Crippen LogP contribution < -0.4 is 0 Å². The fourth-order valence-electron chi connectivity index (χ4n) is 2.17. The molecule has 0 fully saturated rings. The normalized spacial score (nSPS) is 10.3. The SMILES string of the molecule is Clc1nccc2ccccc12.Clc1nccc2ccccc12. The van der Waals surface area contributed by atoms with Crippen molar-refractivity contribution >= 4 is 44.7 Å². The molecule has 0 saturated heterocycles. The van der Waals surface area contributed by atoms with E-state index in [0.717, 1.165) is 21.5 Å². The standard InChI is InChI=1S/2C9H6ClN/c2*10-9-8-4-2-1-3-7(8)5-6-11-9/h2*1-6H. The number of hydrogen-bond acceptors (Lipinski definition) is 2. The first-order valence-electron chi connectivity index (χ1n) is 6.74. The summed E-state index contributed by atoms with van der Waals surface area (Å²) < 4.78 is 0. The van der Waals surface area contributed by atoms with Gasteiger partial charge < -0.3 is 0 Å². The first kappa shape index (κ1) is 14.8. The Morgan fingerprint density at radius 3 is 1.36 bits per heavy atom. The molecule has 2 aromatic heterocycles. The molecule has 0 aliphatic rings. The monoisotopic (exact) mass is 326 g/mol. The Morgan fingerprint density at radius 1 is 0.545 bits per heavy atom. The van der Waals surface area contributed by atoms with Crippen LogP contribution in [-0.2, 0) is 0 Å². The molecular weight excluding hydrogens is 315 g/mol. The molecule has 0 saturated carbocycles. The van der Waals surface area contributed by atoms with E-state index in [1.54, 1.807) is 12.4 Å². The molecule has 0 amide bonds. The van der Waals surface area contributed by atoms with Gasteiger partial charge in [-0.2, -0.15) is 0 Å². The average Bonchev–Trinajstić information content (AvgIpc) is 2.57. The smallest absolute Gasteiger partial charge is 0.136 e. The van der Waals surface area contributed by atoms with Crippen molar-refractivity contribution in [1.29, 1.82) is 0 Å². The van der Waals surface area contributed by atoms with Crippen LogP contribution in [0.2, 0.25) is 10.3 Å². The van der Waals surface area contributed by atoms with Crippen LogP contribution in [0.4, 0.5) is 0 Å². The van der Waals surface area contributed by atoms with E-state index in [9.17, 15) is 0 Å². The van der Waals surface area contributed by atoms with E-state index in [0.29, 0.717) is 10.3 Å². The Morgan fingerprint density at radius 2 is 0.955 bits per heavy atom. The fraction of sp³-hybridized carbons (Fsp3) is 0. The molecule has 0 spiro atoms. The summed E-state index contributed by atoms with van der Waals surface area (Å²) in [4.78, 5) is 7.95. The number of hydrogen-bond donors (Lipinski definition) is 0. The Bertz CT molecular complexity index is 835. The molecule has 0 bridgehead atoms. The van der Waals surface area contributed by atoms with Crippen molar-refractivity contribution in [3.8, 4) is 0 Å². The summed E-state index contributed by atoms with van der Waals surface area (Å²) in [5, 5.41) is 5.43. The quantitative estimate of drug-likeness (QED) is 0.383. The summed E-state index contributed by atoms with van der Waals surface area (Å²) >= 11 is 11.7. The third-order valence-electron chi connectivity index (χ3n) is 3.25. The Kier molecular flexibility index (Phi) is 4.52. The van der Waals surface area contributed by atoms with E-state index < -0.39 is 0 Å². The topological polar surface area (TPSA) is 25.8 Å². The molecule has 0 radical (unpaired) electrons. The van der Waals surface area contributed by atoms with Crippen molar-refractivity contribution in [3.05, 3.63) is 83.4 Å². The summed E-state index contributed by atoms with van der Waals surface area (Å²) in [6, 6.07) is 19.7. The van der Waals surface area contributed by atoms with Gasteiger partial charge in [0.25, 0.3) is 0 Å². The highest BCUT2D eigenvalue weighted by Crippen LogP contribution is 2.20. The van der Waals surface area contributed by atoms with Gasteiger partial charge in [-0.15, -0.1) is 0 Å². The largest absolute Gasteiger partial charge is 0.244 e. The van der Waals surface area contributed by atoms with Gasteiger partial charge in [0, 0.05) is 23.2 Å². The number of benzene rings is 2. The van der Waals surface area contributed by atoms with E-state index in [-0.39, 0.29) is 0 Å². The summed E-state index contributed by atoms with van der Waals surface area (Å²) in [5.41, 5.74) is 0. The molecule has 0 N–H and O–H groups in total. The Balaban J connectivity index is 0.000000131. The van der Waals surface area contributed by atoms with E-state index in [4.69, 9.17) is 23.2 Å². The summed E-state index contributed by atoms with van der Waals surface area (Å²) in [5.74, 6) is 0. The zero-order chi connectivity index (χ0) is 15.4. The molecule has 2 aromatic carbocycles. The van der Waals surface area contributed by atoms with Crippen LogP contribution in [0.5, 0.6) is 0 Å². The summed E-state index contributed by atoms with van der Waals surface area (Å²) in [7, 11) is 0. The van der Waals surface area contributed by atoms with E-state index in [1.165, 1.54) is 0 Å². The zero-order valence-electron chi connectivity index (χ0n) is 11.6. The lowest BCUT2D eigenvalue weighted by atomic mass is 10.2. The second-order valence-electron chi connectivity index (χ2n) is 4.65. The third kappa shape index (κ3) is 3.19. The van der Waals surface area contributed by atoms with Crippen molar-refractivity contribution in [2.45, 2.75) is 0 Å². The maximum absolute atomic E-state index is 5.85. The molecule has 0 unspecified atom stereocenters. The first-order chi connectivity index (χ1) is 10.8. The maximum atomic E-state index is 5.85. The molecule has 4 heteroatoms. The second kappa shape index (κ2) is 6.73. The van der Waals surface area contributed by atoms with Crippen molar-refractivity contribution in [3.63, 3.8) is 0 Å². The summed E-state index contributed by atoms with van der Waals surface area (Å²) in [6.07, 6.45) is 3.43. The van der Waals surface area contributed by atoms with Crippen LogP contribution in [0.1, 0.15) is 0 Å². The minimum Gasteiger partial charge on any atom is -0.244 e. The lowest BCUT2D eigenvalue weighted by Crippen LogP contribution is -1.76. The molecule has 4 rings (SSSR count). The van der Waals surface area contributed by atoms with Crippen molar-refractivity contribution in [1.82, 2.24) is 9.97 Å². The number of fused-ring (bicyclic) bond motifs is 2. The highest BCUT2D eigenvalue weighted by atomic mass is 35.5. The molecule has 4 aromatic rings. The van der Waals surface area contributed by atoms with Crippen molar-refractivity contribution in [2.75, 3.05) is 0 Å². The van der Waals surface area contributed by atoms with Crippen LogP contribution >= 0.6 is 23.2 Å². The van der Waals surface area contributed by atoms with Crippen molar-refractivity contribution < 1.29 is 0 Å². The van der Waals surface area contributed by atoms with Gasteiger partial charge in [0.05, 0.1) is 0 Å². The van der Waals surface area contributed by atoms with Crippen LogP contribution in [-0.4, -0.2) is 9.97 Å². The molecule has 2 heterocycles. The zero-order valence-corrected chi connectivity index (χ0v) is 13.1. The van der Waals surface area contributed by atoms with E-state index in [2.05, 4.69) is 9.97 Å². The average molecular weight is 327 g/mol. The molecule has 0 atom stereocenters. The van der Waals surface area contributed by atoms with Gasteiger partial charge in [-0.3, -0.25) is 0 Å². The number of nitrogens with zero attached hydrogens (tertiary/aromatic N) is 2. The third-order valence-corrected chi connectivity index (χ3v) is 3.85. The number of pyridine rings is 2. The molecule has 22 heavy (non-hydrogen) atoms. The van der Waals surface area contributed by atoms with Gasteiger partial charge in [-0.1, -0.05) is 71.7 Å². The Labute approximate surface area is 138 Å². The maximum Gasteiger partial charge on any atom is 0.136 e. The minimum atomic E-state index is 0.572. The van der Waals surface area contributed by atoms with Gasteiger partial charge in [-0.05, 0) is 22.9 Å². The van der Waals surface area contributed by atoms with E-state index >= 15 is 0 Å². The predicted molar refractivity (Wildman–Crippen MR) is 93.5 cm³/mol. The lowest BCUT2D eigenvalue weighted by molar-refractivity contribution is 1.36. The van der Waals surface area contributed by atoms with E-state index in [1.807, 2.05) is 60.7 Å².